The predicted octanol–water partition coefficient (Wildman–Crippen LogP) is 3.98. The molecule has 0 spiro atoms. The Kier molecular flexibility index (Phi) is 3.80. The number of rotatable bonds is 3. The summed E-state index contributed by atoms with van der Waals surface area (Å²) in [4.78, 5) is 4.42. The van der Waals surface area contributed by atoms with Gasteiger partial charge >= 0.3 is 0 Å². The highest BCUT2D eigenvalue weighted by atomic mass is 35.5. The molecule has 1 aromatic carbocycles. The van der Waals surface area contributed by atoms with Gasteiger partial charge in [0.1, 0.15) is 16.8 Å². The van der Waals surface area contributed by atoms with Crippen LogP contribution in [0.5, 0.6) is 0 Å². The molecule has 0 aliphatic rings. The summed E-state index contributed by atoms with van der Waals surface area (Å²) in [5, 5.41) is 12.7. The van der Waals surface area contributed by atoms with E-state index in [4.69, 9.17) is 16.9 Å². The van der Waals surface area contributed by atoms with Crippen molar-refractivity contribution >= 4 is 28.1 Å². The number of hydrogen-bond donors (Lipinski definition) is 1. The van der Waals surface area contributed by atoms with Gasteiger partial charge in [-0.1, -0.05) is 35.1 Å². The van der Waals surface area contributed by atoms with Crippen molar-refractivity contribution in [3.05, 3.63) is 45.7 Å². The van der Waals surface area contributed by atoms with Crippen molar-refractivity contribution in [1.82, 2.24) is 4.98 Å². The number of nitrogens with one attached hydrogen (secondary N) is 1. The average Bonchev–Trinajstić information content (AvgIpc) is 2.70. The minimum Gasteiger partial charge on any atom is -0.355 e. The maximum atomic E-state index is 12.8. The van der Waals surface area contributed by atoms with E-state index in [9.17, 15) is 4.39 Å². The van der Waals surface area contributed by atoms with Gasteiger partial charge in [0, 0.05) is 0 Å². The lowest BCUT2D eigenvalue weighted by molar-refractivity contribution is 0.626. The third-order valence-corrected chi connectivity index (χ3v) is 3.67. The van der Waals surface area contributed by atoms with Crippen LogP contribution in [-0.4, -0.2) is 4.98 Å². The minimum absolute atomic E-state index is 0.0423. The van der Waals surface area contributed by atoms with E-state index in [1.807, 2.05) is 13.0 Å². The molecule has 2 rings (SSSR count). The molecular formula is C12H9ClFN3S. The van der Waals surface area contributed by atoms with Crippen LogP contribution in [0.1, 0.15) is 23.4 Å². The smallest absolute Gasteiger partial charge is 0.185 e. The maximum absolute atomic E-state index is 12.8. The molecule has 1 unspecified atom stereocenters. The normalized spacial score (nSPS) is 11.9. The molecule has 92 valence electrons. The van der Waals surface area contributed by atoms with Gasteiger partial charge < -0.3 is 5.32 Å². The van der Waals surface area contributed by atoms with Gasteiger partial charge in [0.2, 0.25) is 0 Å². The fourth-order valence-corrected chi connectivity index (χ4v) is 2.49. The van der Waals surface area contributed by atoms with Crippen LogP contribution in [0, 0.1) is 17.1 Å². The van der Waals surface area contributed by atoms with Crippen LogP contribution in [0.2, 0.25) is 5.15 Å². The molecule has 0 fully saturated rings. The molecule has 3 nitrogen and oxygen atoms in total. The Balaban J connectivity index is 2.13. The number of benzene rings is 1. The van der Waals surface area contributed by atoms with Crippen molar-refractivity contribution in [2.24, 2.45) is 0 Å². The van der Waals surface area contributed by atoms with Gasteiger partial charge in [0.05, 0.1) is 6.04 Å². The standard InChI is InChI=1S/C12H9ClFN3S/c1-7(8-2-4-9(14)5-3-8)16-12-17-11(13)10(6-15)18-12/h2-5,7H,1H3,(H,16,17). The van der Waals surface area contributed by atoms with Crippen LogP contribution >= 0.6 is 22.9 Å². The molecule has 0 saturated heterocycles. The second-order valence-electron chi connectivity index (χ2n) is 3.67. The summed E-state index contributed by atoms with van der Waals surface area (Å²) < 4.78 is 12.8. The van der Waals surface area contributed by atoms with E-state index in [0.29, 0.717) is 10.0 Å². The van der Waals surface area contributed by atoms with Gasteiger partial charge in [-0.3, -0.25) is 0 Å². The van der Waals surface area contributed by atoms with E-state index >= 15 is 0 Å². The molecule has 1 atom stereocenters. The fraction of sp³-hybridized carbons (Fsp3) is 0.167. The summed E-state index contributed by atoms with van der Waals surface area (Å²) >= 11 is 6.98. The Hall–Kier alpha value is -1.64. The molecule has 0 aliphatic heterocycles. The molecule has 0 bridgehead atoms. The molecule has 1 heterocycles. The van der Waals surface area contributed by atoms with E-state index in [1.165, 1.54) is 23.5 Å². The maximum Gasteiger partial charge on any atom is 0.185 e. The highest BCUT2D eigenvalue weighted by Gasteiger charge is 2.11. The van der Waals surface area contributed by atoms with E-state index in [1.54, 1.807) is 12.1 Å². The van der Waals surface area contributed by atoms with Crippen molar-refractivity contribution in [3.8, 4) is 6.07 Å². The Morgan fingerprint density at radius 2 is 2.11 bits per heavy atom. The van der Waals surface area contributed by atoms with Gasteiger partial charge in [0.15, 0.2) is 10.3 Å². The first kappa shape index (κ1) is 12.8. The number of nitriles is 1. The molecule has 2 aromatic rings. The van der Waals surface area contributed by atoms with Gasteiger partial charge in [-0.2, -0.15) is 5.26 Å². The quantitative estimate of drug-likeness (QED) is 0.926. The summed E-state index contributed by atoms with van der Waals surface area (Å²) in [6, 6.07) is 8.14. The van der Waals surface area contributed by atoms with Crippen molar-refractivity contribution < 1.29 is 4.39 Å². The second-order valence-corrected chi connectivity index (χ2v) is 5.03. The summed E-state index contributed by atoms with van der Waals surface area (Å²) in [5.74, 6) is -0.269. The van der Waals surface area contributed by atoms with Crippen LogP contribution in [0.15, 0.2) is 24.3 Å². The molecule has 6 heteroatoms. The van der Waals surface area contributed by atoms with Crippen molar-refractivity contribution in [1.29, 1.82) is 5.26 Å². The van der Waals surface area contributed by atoms with Crippen molar-refractivity contribution in [2.75, 3.05) is 5.32 Å². The lowest BCUT2D eigenvalue weighted by Gasteiger charge is -2.12. The summed E-state index contributed by atoms with van der Waals surface area (Å²) in [5.41, 5.74) is 0.932. The first-order chi connectivity index (χ1) is 8.60. The zero-order chi connectivity index (χ0) is 13.1. The third kappa shape index (κ3) is 2.78. The van der Waals surface area contributed by atoms with Crippen LogP contribution in [-0.2, 0) is 0 Å². The topological polar surface area (TPSA) is 48.7 Å². The molecule has 0 amide bonds. The molecule has 0 saturated carbocycles. The minimum atomic E-state index is -0.269. The monoisotopic (exact) mass is 281 g/mol. The first-order valence-electron chi connectivity index (χ1n) is 5.18. The molecule has 0 radical (unpaired) electrons. The lowest BCUT2D eigenvalue weighted by atomic mass is 10.1. The third-order valence-electron chi connectivity index (χ3n) is 2.40. The zero-order valence-electron chi connectivity index (χ0n) is 9.45. The van der Waals surface area contributed by atoms with Gasteiger partial charge in [-0.05, 0) is 24.6 Å². The number of aromatic nitrogens is 1. The predicted molar refractivity (Wildman–Crippen MR) is 70.3 cm³/mol. The van der Waals surface area contributed by atoms with Crippen LogP contribution < -0.4 is 5.32 Å². The van der Waals surface area contributed by atoms with Crippen molar-refractivity contribution in [2.45, 2.75) is 13.0 Å². The van der Waals surface area contributed by atoms with Crippen LogP contribution in [0.4, 0.5) is 9.52 Å². The Bertz CT molecular complexity index is 588. The number of nitrogens with zero attached hydrogens (tertiary/aromatic N) is 2. The molecule has 18 heavy (non-hydrogen) atoms. The number of halogens is 2. The van der Waals surface area contributed by atoms with E-state index in [0.717, 1.165) is 5.56 Å². The van der Waals surface area contributed by atoms with E-state index < -0.39 is 0 Å². The van der Waals surface area contributed by atoms with Crippen molar-refractivity contribution in [3.63, 3.8) is 0 Å². The van der Waals surface area contributed by atoms with Crippen LogP contribution in [0.25, 0.3) is 0 Å². The summed E-state index contributed by atoms with van der Waals surface area (Å²) in [6.45, 7) is 1.93. The lowest BCUT2D eigenvalue weighted by Crippen LogP contribution is -2.06. The average molecular weight is 282 g/mol. The number of hydrogen-bond acceptors (Lipinski definition) is 4. The molecule has 1 N–H and O–H groups in total. The SMILES string of the molecule is CC(Nc1nc(Cl)c(C#N)s1)c1ccc(F)cc1. The first-order valence-corrected chi connectivity index (χ1v) is 6.38. The highest BCUT2D eigenvalue weighted by Crippen LogP contribution is 2.28. The Morgan fingerprint density at radius 3 is 2.67 bits per heavy atom. The van der Waals surface area contributed by atoms with E-state index in [2.05, 4.69) is 10.3 Å². The van der Waals surface area contributed by atoms with E-state index in [-0.39, 0.29) is 17.0 Å². The highest BCUT2D eigenvalue weighted by molar-refractivity contribution is 7.16. The van der Waals surface area contributed by atoms with Gasteiger partial charge in [-0.15, -0.1) is 0 Å². The molecule has 0 aliphatic carbocycles. The molecule has 1 aromatic heterocycles. The summed E-state index contributed by atoms with van der Waals surface area (Å²) in [6.07, 6.45) is 0. The summed E-state index contributed by atoms with van der Waals surface area (Å²) in [7, 11) is 0. The van der Waals surface area contributed by atoms with Gasteiger partial charge in [-0.25, -0.2) is 9.37 Å². The fourth-order valence-electron chi connectivity index (χ4n) is 1.45. The number of thiazole rings is 1. The van der Waals surface area contributed by atoms with Crippen LogP contribution in [0.3, 0.4) is 0 Å². The second kappa shape index (κ2) is 5.34. The van der Waals surface area contributed by atoms with Gasteiger partial charge in [0.25, 0.3) is 0 Å². The number of anilines is 1. The zero-order valence-corrected chi connectivity index (χ0v) is 11.0. The molecular weight excluding hydrogens is 273 g/mol. The largest absolute Gasteiger partial charge is 0.355 e. The Morgan fingerprint density at radius 1 is 1.44 bits per heavy atom. The Labute approximate surface area is 113 Å².